The van der Waals surface area contributed by atoms with Crippen molar-refractivity contribution in [3.63, 3.8) is 0 Å². The van der Waals surface area contributed by atoms with Crippen molar-refractivity contribution in [2.45, 2.75) is 32.6 Å². The molecular weight excluding hydrogens is 286 g/mol. The largest absolute Gasteiger partial charge is 0.326 e. The number of aromatic nitrogens is 3. The van der Waals surface area contributed by atoms with Crippen molar-refractivity contribution in [1.82, 2.24) is 15.0 Å². The molecule has 1 unspecified atom stereocenters. The summed E-state index contributed by atoms with van der Waals surface area (Å²) in [5.74, 6) is 0.712. The molecule has 1 aliphatic rings. The lowest BCUT2D eigenvalue weighted by molar-refractivity contribution is 0.441. The number of nitrogens with zero attached hydrogens (tertiary/aromatic N) is 1. The minimum atomic E-state index is -0.462. The molecule has 3 heterocycles. The maximum atomic E-state index is 11.9. The highest BCUT2D eigenvalue weighted by Gasteiger charge is 2.21. The second kappa shape index (κ2) is 4.53. The zero-order chi connectivity index (χ0) is 14.6. The van der Waals surface area contributed by atoms with E-state index in [1.165, 1.54) is 29.7 Å². The van der Waals surface area contributed by atoms with E-state index in [2.05, 4.69) is 23.0 Å². The van der Waals surface area contributed by atoms with Gasteiger partial charge in [0.2, 0.25) is 0 Å². The molecule has 0 aromatic carbocycles. The zero-order valence-electron chi connectivity index (χ0n) is 11.7. The van der Waals surface area contributed by atoms with Gasteiger partial charge in [-0.1, -0.05) is 13.3 Å². The number of aromatic amines is 2. The Kier molecular flexibility index (Phi) is 2.75. The van der Waals surface area contributed by atoms with Crippen LogP contribution in [0.5, 0.6) is 0 Å². The van der Waals surface area contributed by atoms with Gasteiger partial charge in [0.1, 0.15) is 9.53 Å². The van der Waals surface area contributed by atoms with E-state index in [9.17, 15) is 9.59 Å². The van der Waals surface area contributed by atoms with Crippen LogP contribution < -0.4 is 11.2 Å². The zero-order valence-corrected chi connectivity index (χ0v) is 12.5. The quantitative estimate of drug-likeness (QED) is 0.724. The van der Waals surface area contributed by atoms with E-state index in [0.29, 0.717) is 16.1 Å². The Balaban J connectivity index is 2.03. The highest BCUT2D eigenvalue weighted by Crippen LogP contribution is 2.34. The minimum Gasteiger partial charge on any atom is -0.305 e. The first-order valence-corrected chi connectivity index (χ1v) is 8.05. The molecule has 5 nitrogen and oxygen atoms in total. The summed E-state index contributed by atoms with van der Waals surface area (Å²) in [6.07, 6.45) is 4.41. The van der Waals surface area contributed by atoms with Crippen molar-refractivity contribution in [1.29, 1.82) is 0 Å². The molecule has 3 aromatic rings. The average Bonchev–Trinajstić information content (AvgIpc) is 2.82. The van der Waals surface area contributed by atoms with Gasteiger partial charge in [0, 0.05) is 11.1 Å². The van der Waals surface area contributed by atoms with Crippen molar-refractivity contribution in [2.75, 3.05) is 0 Å². The van der Waals surface area contributed by atoms with E-state index in [1.807, 2.05) is 0 Å². The Hall–Kier alpha value is -1.95. The molecule has 1 aliphatic carbocycles. The Labute approximate surface area is 124 Å². The smallest absolute Gasteiger partial charge is 0.305 e. The van der Waals surface area contributed by atoms with Crippen molar-refractivity contribution in [3.05, 3.63) is 38.2 Å². The van der Waals surface area contributed by atoms with Crippen molar-refractivity contribution in [2.24, 2.45) is 5.92 Å². The first-order valence-electron chi connectivity index (χ1n) is 7.23. The first-order chi connectivity index (χ1) is 10.2. The molecule has 0 amide bonds. The lowest BCUT2D eigenvalue weighted by Gasteiger charge is -2.22. The van der Waals surface area contributed by atoms with E-state index in [0.717, 1.165) is 28.8 Å². The molecule has 108 valence electrons. The molecule has 0 fully saturated rings. The van der Waals surface area contributed by atoms with Crippen LogP contribution in [0.4, 0.5) is 0 Å². The number of pyridine rings is 1. The lowest BCUT2D eigenvalue weighted by atomic mass is 9.85. The number of thiophene rings is 1. The minimum absolute atomic E-state index is 0.332. The summed E-state index contributed by atoms with van der Waals surface area (Å²) in [6, 6.07) is 2.12. The van der Waals surface area contributed by atoms with Crippen LogP contribution in [0, 0.1) is 5.92 Å². The van der Waals surface area contributed by atoms with Crippen molar-refractivity contribution in [3.8, 4) is 0 Å². The van der Waals surface area contributed by atoms with Gasteiger partial charge in [-0.25, -0.2) is 9.78 Å². The molecule has 0 radical (unpaired) electrons. The number of rotatable bonds is 1. The summed E-state index contributed by atoms with van der Waals surface area (Å²) >= 11 is 1.35. The van der Waals surface area contributed by atoms with Crippen molar-refractivity contribution < 1.29 is 0 Å². The lowest BCUT2D eigenvalue weighted by Crippen LogP contribution is -2.20. The molecule has 2 N–H and O–H groups in total. The maximum absolute atomic E-state index is 11.9. The van der Waals surface area contributed by atoms with Crippen LogP contribution in [-0.4, -0.2) is 15.0 Å². The van der Waals surface area contributed by atoms with E-state index >= 15 is 0 Å². The van der Waals surface area contributed by atoms with Gasteiger partial charge in [0.25, 0.3) is 5.56 Å². The van der Waals surface area contributed by atoms with Gasteiger partial charge in [-0.15, -0.1) is 11.3 Å². The molecular formula is C15H15N3O2S. The Morgan fingerprint density at radius 3 is 3.05 bits per heavy atom. The monoisotopic (exact) mass is 301 g/mol. The summed E-state index contributed by atoms with van der Waals surface area (Å²) in [5.41, 5.74) is 2.24. The van der Waals surface area contributed by atoms with Crippen LogP contribution in [0.15, 0.2) is 15.7 Å². The maximum Gasteiger partial charge on any atom is 0.326 e. The van der Waals surface area contributed by atoms with E-state index in [4.69, 9.17) is 4.98 Å². The second-order valence-electron chi connectivity index (χ2n) is 5.68. The summed E-state index contributed by atoms with van der Waals surface area (Å²) in [4.78, 5) is 34.0. The van der Waals surface area contributed by atoms with Crippen LogP contribution in [0.1, 0.15) is 31.0 Å². The summed E-state index contributed by atoms with van der Waals surface area (Å²) in [5, 5.41) is 0.897. The van der Waals surface area contributed by atoms with Crippen LogP contribution >= 0.6 is 11.3 Å². The molecule has 21 heavy (non-hydrogen) atoms. The van der Waals surface area contributed by atoms with Crippen LogP contribution in [0.3, 0.4) is 0 Å². The van der Waals surface area contributed by atoms with Gasteiger partial charge in [-0.3, -0.25) is 9.78 Å². The SMILES string of the molecule is CCC1CCc2nc3sc4c(=O)[nH]c(=O)[nH]c4c3cc2C1. The fourth-order valence-corrected chi connectivity index (χ4v) is 4.21. The second-order valence-corrected chi connectivity index (χ2v) is 6.68. The van der Waals surface area contributed by atoms with Crippen LogP contribution in [0.2, 0.25) is 0 Å². The third kappa shape index (κ3) is 1.93. The molecule has 0 bridgehead atoms. The number of nitrogens with one attached hydrogen (secondary N) is 2. The van der Waals surface area contributed by atoms with E-state index in [-0.39, 0.29) is 5.56 Å². The molecule has 0 spiro atoms. The number of hydrogen-bond donors (Lipinski definition) is 2. The van der Waals surface area contributed by atoms with Crippen LogP contribution in [-0.2, 0) is 12.8 Å². The molecule has 4 rings (SSSR count). The van der Waals surface area contributed by atoms with Gasteiger partial charge in [-0.2, -0.15) is 0 Å². The predicted molar refractivity (Wildman–Crippen MR) is 84.2 cm³/mol. The summed E-state index contributed by atoms with van der Waals surface area (Å²) < 4.78 is 0.548. The molecule has 0 aliphatic heterocycles. The van der Waals surface area contributed by atoms with Gasteiger partial charge >= 0.3 is 5.69 Å². The number of hydrogen-bond acceptors (Lipinski definition) is 4. The molecule has 0 saturated heterocycles. The molecule has 6 heteroatoms. The Morgan fingerprint density at radius 2 is 2.24 bits per heavy atom. The standard InChI is InChI=1S/C15H15N3O2S/c1-2-7-3-4-10-8(5-7)6-9-11-12(21-14(9)16-10)13(19)18-15(20)17-11/h6-7H,2-5H2,1H3,(H2,17,18,19,20). The molecule has 0 saturated carbocycles. The van der Waals surface area contributed by atoms with Crippen LogP contribution in [0.25, 0.3) is 20.4 Å². The summed E-state index contributed by atoms with van der Waals surface area (Å²) in [6.45, 7) is 2.22. The summed E-state index contributed by atoms with van der Waals surface area (Å²) in [7, 11) is 0. The fourth-order valence-electron chi connectivity index (χ4n) is 3.19. The average molecular weight is 301 g/mol. The predicted octanol–water partition coefficient (Wildman–Crippen LogP) is 2.34. The molecule has 1 atom stereocenters. The third-order valence-corrected chi connectivity index (χ3v) is 5.50. The van der Waals surface area contributed by atoms with E-state index in [1.54, 1.807) is 0 Å². The number of H-pyrrole nitrogens is 2. The molecule has 3 aromatic heterocycles. The first kappa shape index (κ1) is 12.8. The topological polar surface area (TPSA) is 78.6 Å². The number of aryl methyl sites for hydroxylation is 1. The Bertz CT molecular complexity index is 967. The Morgan fingerprint density at radius 1 is 1.38 bits per heavy atom. The number of fused-ring (bicyclic) bond motifs is 4. The van der Waals surface area contributed by atoms with E-state index < -0.39 is 5.69 Å². The highest BCUT2D eigenvalue weighted by atomic mass is 32.1. The van der Waals surface area contributed by atoms with Gasteiger partial charge in [0.05, 0.1) is 5.52 Å². The highest BCUT2D eigenvalue weighted by molar-refractivity contribution is 7.25. The van der Waals surface area contributed by atoms with Gasteiger partial charge in [-0.05, 0) is 36.8 Å². The van der Waals surface area contributed by atoms with Gasteiger partial charge < -0.3 is 4.98 Å². The third-order valence-electron chi connectivity index (χ3n) is 4.40. The fraction of sp³-hybridized carbons (Fsp3) is 0.400. The van der Waals surface area contributed by atoms with Crippen molar-refractivity contribution >= 4 is 31.8 Å². The van der Waals surface area contributed by atoms with Gasteiger partial charge in [0.15, 0.2) is 0 Å². The normalized spacial score (nSPS) is 18.2.